The minimum atomic E-state index is -0.976. The van der Waals surface area contributed by atoms with Gasteiger partial charge in [0.05, 0.1) is 5.03 Å². The Morgan fingerprint density at radius 3 is 2.75 bits per heavy atom. The van der Waals surface area contributed by atoms with Crippen LogP contribution in [0.3, 0.4) is 0 Å². The van der Waals surface area contributed by atoms with Crippen LogP contribution in [0.15, 0.2) is 27.2 Å². The van der Waals surface area contributed by atoms with E-state index in [0.29, 0.717) is 5.03 Å². The zero-order valence-corrected chi connectivity index (χ0v) is 5.01. The van der Waals surface area contributed by atoms with E-state index in [1.807, 2.05) is 0 Å². The summed E-state index contributed by atoms with van der Waals surface area (Å²) in [6.45, 7) is 0. The Bertz CT molecular complexity index is 163. The summed E-state index contributed by atoms with van der Waals surface area (Å²) in [4.78, 5) is 9.82. The predicted molar refractivity (Wildman–Crippen MR) is 36.2 cm³/mol. The molecule has 1 aliphatic heterocycles. The van der Waals surface area contributed by atoms with Gasteiger partial charge in [0.2, 0.25) is 0 Å². The van der Waals surface area contributed by atoms with Crippen molar-refractivity contribution in [2.75, 3.05) is 0 Å². The summed E-state index contributed by atoms with van der Waals surface area (Å²) < 4.78 is 2.80. The minimum Gasteiger partial charge on any atom is -0.393 e. The molecule has 0 bridgehead atoms. The maximum absolute atomic E-state index is 9.82. The van der Waals surface area contributed by atoms with Crippen molar-refractivity contribution in [2.24, 2.45) is 10.3 Å². The van der Waals surface area contributed by atoms with Gasteiger partial charge in [-0.1, -0.05) is 17.2 Å². The van der Waals surface area contributed by atoms with Gasteiger partial charge in [-0.3, -0.25) is 0 Å². The standard InChI is InChI=1S/C4H6N2OS/c5-4-2-1-3-8(4)6-7/h1-3,8H,5H2. The molecule has 0 amide bonds. The summed E-state index contributed by atoms with van der Waals surface area (Å²) in [7, 11) is 0. The van der Waals surface area contributed by atoms with Gasteiger partial charge in [0, 0.05) is 0 Å². The number of hydrogen-bond donors (Lipinski definition) is 2. The molecule has 0 aromatic carbocycles. The third-order valence-corrected chi connectivity index (χ3v) is 2.16. The Kier molecular flexibility index (Phi) is 1.34. The number of hydrogen-bond acceptors (Lipinski definition) is 3. The van der Waals surface area contributed by atoms with Crippen LogP contribution < -0.4 is 5.73 Å². The molecule has 0 saturated carbocycles. The first-order valence-electron chi connectivity index (χ1n) is 2.11. The molecule has 1 rings (SSSR count). The molecule has 1 unspecified atom stereocenters. The van der Waals surface area contributed by atoms with E-state index in [0.717, 1.165) is 0 Å². The molecule has 3 nitrogen and oxygen atoms in total. The third-order valence-electron chi connectivity index (χ3n) is 0.847. The predicted octanol–water partition coefficient (Wildman–Crippen LogP) is 0.996. The van der Waals surface area contributed by atoms with Crippen LogP contribution in [0, 0.1) is 4.91 Å². The Morgan fingerprint density at radius 1 is 1.75 bits per heavy atom. The summed E-state index contributed by atoms with van der Waals surface area (Å²) in [5.74, 6) is 0. The first-order chi connectivity index (χ1) is 3.84. The number of thiol groups is 1. The smallest absolute Gasteiger partial charge is 0.0710 e. The molecule has 2 N–H and O–H groups in total. The highest BCUT2D eigenvalue weighted by atomic mass is 32.2. The lowest BCUT2D eigenvalue weighted by Crippen LogP contribution is -1.90. The number of nitrogens with zero attached hydrogens (tertiary/aromatic N) is 1. The van der Waals surface area contributed by atoms with Gasteiger partial charge < -0.3 is 5.73 Å². The molecule has 8 heavy (non-hydrogen) atoms. The highest BCUT2D eigenvalue weighted by Gasteiger charge is 2.04. The summed E-state index contributed by atoms with van der Waals surface area (Å²) in [6.07, 6.45) is 3.45. The summed E-state index contributed by atoms with van der Waals surface area (Å²) in [5.41, 5.74) is 5.32. The fourth-order valence-corrected chi connectivity index (χ4v) is 1.27. The first-order valence-corrected chi connectivity index (χ1v) is 3.47. The normalized spacial score (nSPS) is 30.0. The molecule has 1 atom stereocenters. The van der Waals surface area contributed by atoms with Crippen LogP contribution in [0.1, 0.15) is 0 Å². The number of rotatable bonds is 1. The zero-order chi connectivity index (χ0) is 5.98. The van der Waals surface area contributed by atoms with E-state index in [4.69, 9.17) is 5.73 Å². The second kappa shape index (κ2) is 2.00. The van der Waals surface area contributed by atoms with E-state index < -0.39 is 11.1 Å². The van der Waals surface area contributed by atoms with Crippen molar-refractivity contribution in [1.82, 2.24) is 0 Å². The first kappa shape index (κ1) is 5.37. The number of nitrogens with two attached hydrogens (primary N) is 1. The molecule has 0 fully saturated rings. The van der Waals surface area contributed by atoms with Gasteiger partial charge in [-0.25, -0.2) is 0 Å². The number of allylic oxidation sites excluding steroid dienone is 2. The Labute approximate surface area is 49.7 Å². The zero-order valence-electron chi connectivity index (χ0n) is 4.11. The van der Waals surface area contributed by atoms with Crippen molar-refractivity contribution in [2.45, 2.75) is 0 Å². The van der Waals surface area contributed by atoms with E-state index in [1.165, 1.54) is 0 Å². The molecule has 44 valence electrons. The van der Waals surface area contributed by atoms with Gasteiger partial charge >= 0.3 is 0 Å². The van der Waals surface area contributed by atoms with E-state index in [9.17, 15) is 4.91 Å². The molecular formula is C4H6N2OS. The number of nitroso groups, excluding NO2 is 1. The third kappa shape index (κ3) is 0.742. The quantitative estimate of drug-likeness (QED) is 0.411. The average molecular weight is 130 g/mol. The second-order valence-electron chi connectivity index (χ2n) is 1.36. The molecule has 0 aromatic rings. The van der Waals surface area contributed by atoms with Crippen LogP contribution in [0.5, 0.6) is 0 Å². The lowest BCUT2D eigenvalue weighted by molar-refractivity contribution is 1.55. The van der Waals surface area contributed by atoms with Crippen LogP contribution in [0.25, 0.3) is 0 Å². The van der Waals surface area contributed by atoms with Crippen molar-refractivity contribution < 1.29 is 0 Å². The highest BCUT2D eigenvalue weighted by molar-refractivity contribution is 8.21. The molecule has 0 aromatic heterocycles. The lowest BCUT2D eigenvalue weighted by Gasteiger charge is -1.99. The fraction of sp³-hybridized carbons (Fsp3) is 0. The average Bonchev–Trinajstić information content (AvgIpc) is 2.14. The molecule has 0 spiro atoms. The van der Waals surface area contributed by atoms with Crippen molar-refractivity contribution in [3.8, 4) is 0 Å². The Morgan fingerprint density at radius 2 is 2.50 bits per heavy atom. The van der Waals surface area contributed by atoms with Crippen molar-refractivity contribution in [3.63, 3.8) is 0 Å². The Balaban J connectivity index is 2.71. The van der Waals surface area contributed by atoms with Gasteiger partial charge in [-0.05, 0) is 16.1 Å². The van der Waals surface area contributed by atoms with Crippen LogP contribution in [0.2, 0.25) is 0 Å². The summed E-state index contributed by atoms with van der Waals surface area (Å²) in [6, 6.07) is 0. The van der Waals surface area contributed by atoms with Crippen molar-refractivity contribution >= 4 is 11.1 Å². The molecule has 1 heterocycles. The molecule has 0 aliphatic carbocycles. The van der Waals surface area contributed by atoms with Gasteiger partial charge in [-0.2, -0.15) is 0 Å². The largest absolute Gasteiger partial charge is 0.393 e. The minimum absolute atomic E-state index is 0.593. The SMILES string of the molecule is NC1=CC=C[SH]1N=O. The summed E-state index contributed by atoms with van der Waals surface area (Å²) >= 11 is -0.976. The molecule has 1 aliphatic rings. The fourth-order valence-electron chi connectivity index (χ4n) is 0.460. The van der Waals surface area contributed by atoms with E-state index >= 15 is 0 Å². The van der Waals surface area contributed by atoms with Gasteiger partial charge in [-0.15, -0.1) is 4.91 Å². The maximum atomic E-state index is 9.82. The summed E-state index contributed by atoms with van der Waals surface area (Å²) in [5, 5.41) is 2.31. The maximum Gasteiger partial charge on any atom is 0.0710 e. The van der Waals surface area contributed by atoms with Crippen LogP contribution in [-0.2, 0) is 0 Å². The van der Waals surface area contributed by atoms with Crippen LogP contribution >= 0.6 is 11.1 Å². The van der Waals surface area contributed by atoms with Crippen molar-refractivity contribution in [3.05, 3.63) is 27.5 Å². The second-order valence-corrected chi connectivity index (χ2v) is 3.03. The van der Waals surface area contributed by atoms with E-state index in [-0.39, 0.29) is 0 Å². The highest BCUT2D eigenvalue weighted by Crippen LogP contribution is 2.37. The van der Waals surface area contributed by atoms with Gasteiger partial charge in [0.25, 0.3) is 0 Å². The van der Waals surface area contributed by atoms with Crippen LogP contribution in [-0.4, -0.2) is 0 Å². The van der Waals surface area contributed by atoms with E-state index in [2.05, 4.69) is 4.58 Å². The Hall–Kier alpha value is -0.770. The lowest BCUT2D eigenvalue weighted by atomic mass is 10.6. The molecular weight excluding hydrogens is 124 g/mol. The van der Waals surface area contributed by atoms with Gasteiger partial charge in [0.1, 0.15) is 0 Å². The molecule has 0 saturated heterocycles. The monoisotopic (exact) mass is 130 g/mol. The van der Waals surface area contributed by atoms with Crippen molar-refractivity contribution in [1.29, 1.82) is 0 Å². The van der Waals surface area contributed by atoms with Crippen LogP contribution in [0.4, 0.5) is 0 Å². The van der Waals surface area contributed by atoms with Gasteiger partial charge in [0.15, 0.2) is 0 Å². The molecule has 0 radical (unpaired) electrons. The van der Waals surface area contributed by atoms with E-state index in [1.54, 1.807) is 17.6 Å². The topological polar surface area (TPSA) is 55.4 Å². The molecule has 4 heteroatoms.